The topological polar surface area (TPSA) is 57.0 Å². The van der Waals surface area contributed by atoms with Gasteiger partial charge in [0.15, 0.2) is 0 Å². The number of nitrogens with zero attached hydrogens (tertiary/aromatic N) is 3. The Hall–Kier alpha value is -1.75. The molecule has 0 aliphatic heterocycles. The van der Waals surface area contributed by atoms with Gasteiger partial charge in [-0.05, 0) is 18.9 Å². The molecule has 2 aromatic rings. The summed E-state index contributed by atoms with van der Waals surface area (Å²) in [7, 11) is 1.72. The highest BCUT2D eigenvalue weighted by atomic mass is 16.5. The van der Waals surface area contributed by atoms with E-state index >= 15 is 0 Å². The van der Waals surface area contributed by atoms with Gasteiger partial charge in [-0.25, -0.2) is 4.98 Å². The lowest BCUT2D eigenvalue weighted by Gasteiger charge is -2.41. The molecule has 1 fully saturated rings. The fourth-order valence-corrected chi connectivity index (χ4v) is 2.81. The van der Waals surface area contributed by atoms with Crippen LogP contribution in [0.4, 0.5) is 0 Å². The molecule has 2 heterocycles. The molecule has 1 saturated carbocycles. The molecule has 0 spiro atoms. The molecular weight excluding hydrogens is 242 g/mol. The second kappa shape index (κ2) is 4.74. The minimum absolute atomic E-state index is 0.00905. The summed E-state index contributed by atoms with van der Waals surface area (Å²) in [5.74, 6) is 0. The first-order chi connectivity index (χ1) is 9.24. The number of aromatic nitrogens is 3. The molecule has 1 aliphatic rings. The van der Waals surface area contributed by atoms with Crippen molar-refractivity contribution in [2.75, 3.05) is 13.7 Å². The van der Waals surface area contributed by atoms with Crippen molar-refractivity contribution in [1.82, 2.24) is 14.5 Å². The van der Waals surface area contributed by atoms with Gasteiger partial charge in [0.1, 0.15) is 0 Å². The number of pyridine rings is 1. The Labute approximate surface area is 111 Å². The third kappa shape index (κ3) is 2.14. The average Bonchev–Trinajstić information content (AvgIpc) is 2.39. The SMILES string of the molecule is COCC1(Cn2cnc3cnccc3c2=O)CCC1. The van der Waals surface area contributed by atoms with Crippen LogP contribution in [0.25, 0.3) is 10.9 Å². The van der Waals surface area contributed by atoms with Crippen molar-refractivity contribution in [3.63, 3.8) is 0 Å². The predicted molar refractivity (Wildman–Crippen MR) is 72.0 cm³/mol. The minimum atomic E-state index is 0.00905. The Kier molecular flexibility index (Phi) is 3.06. The van der Waals surface area contributed by atoms with Crippen molar-refractivity contribution in [2.24, 2.45) is 5.41 Å². The summed E-state index contributed by atoms with van der Waals surface area (Å²) in [6, 6.07) is 1.73. The third-order valence-electron chi connectivity index (χ3n) is 4.00. The molecule has 0 bridgehead atoms. The van der Waals surface area contributed by atoms with Crippen LogP contribution in [-0.4, -0.2) is 28.3 Å². The summed E-state index contributed by atoms with van der Waals surface area (Å²) in [6.45, 7) is 1.39. The van der Waals surface area contributed by atoms with E-state index in [4.69, 9.17) is 4.74 Å². The number of hydrogen-bond acceptors (Lipinski definition) is 4. The van der Waals surface area contributed by atoms with E-state index in [2.05, 4.69) is 9.97 Å². The maximum absolute atomic E-state index is 12.4. The van der Waals surface area contributed by atoms with Gasteiger partial charge in [0.25, 0.3) is 5.56 Å². The molecule has 2 aromatic heterocycles. The Morgan fingerprint density at radius 1 is 1.47 bits per heavy atom. The lowest BCUT2D eigenvalue weighted by Crippen LogP contribution is -2.41. The Balaban J connectivity index is 1.97. The van der Waals surface area contributed by atoms with Gasteiger partial charge >= 0.3 is 0 Å². The maximum atomic E-state index is 12.4. The Bertz CT molecular complexity index is 646. The van der Waals surface area contributed by atoms with Crippen LogP contribution in [0, 0.1) is 5.41 Å². The smallest absolute Gasteiger partial charge is 0.261 e. The quantitative estimate of drug-likeness (QED) is 0.837. The molecule has 0 saturated heterocycles. The van der Waals surface area contributed by atoms with E-state index in [1.54, 1.807) is 36.5 Å². The summed E-state index contributed by atoms with van der Waals surface area (Å²) < 4.78 is 7.01. The molecule has 0 N–H and O–H groups in total. The van der Waals surface area contributed by atoms with Gasteiger partial charge in [0.2, 0.25) is 0 Å². The van der Waals surface area contributed by atoms with E-state index in [-0.39, 0.29) is 11.0 Å². The van der Waals surface area contributed by atoms with Crippen LogP contribution < -0.4 is 5.56 Å². The monoisotopic (exact) mass is 259 g/mol. The van der Waals surface area contributed by atoms with Gasteiger partial charge in [-0.2, -0.15) is 0 Å². The van der Waals surface area contributed by atoms with E-state index in [9.17, 15) is 4.79 Å². The molecule has 1 aliphatic carbocycles. The maximum Gasteiger partial charge on any atom is 0.261 e. The normalized spacial score (nSPS) is 17.3. The van der Waals surface area contributed by atoms with Crippen molar-refractivity contribution < 1.29 is 4.74 Å². The van der Waals surface area contributed by atoms with Crippen LogP contribution in [-0.2, 0) is 11.3 Å². The van der Waals surface area contributed by atoms with E-state index in [1.165, 1.54) is 6.42 Å². The van der Waals surface area contributed by atoms with Crippen molar-refractivity contribution in [1.29, 1.82) is 0 Å². The van der Waals surface area contributed by atoms with Crippen molar-refractivity contribution in [2.45, 2.75) is 25.8 Å². The zero-order chi connectivity index (χ0) is 13.3. The lowest BCUT2D eigenvalue weighted by molar-refractivity contribution is 0.00254. The lowest BCUT2D eigenvalue weighted by atomic mass is 9.69. The molecule has 5 nitrogen and oxygen atoms in total. The zero-order valence-electron chi connectivity index (χ0n) is 11.0. The third-order valence-corrected chi connectivity index (χ3v) is 4.00. The summed E-state index contributed by atoms with van der Waals surface area (Å²) in [6.07, 6.45) is 8.31. The van der Waals surface area contributed by atoms with Gasteiger partial charge in [-0.15, -0.1) is 0 Å². The molecule has 5 heteroatoms. The van der Waals surface area contributed by atoms with E-state index in [0.717, 1.165) is 12.8 Å². The molecule has 0 unspecified atom stereocenters. The molecule has 0 radical (unpaired) electrons. The van der Waals surface area contributed by atoms with Crippen molar-refractivity contribution >= 4 is 10.9 Å². The predicted octanol–water partition coefficient (Wildman–Crippen LogP) is 1.61. The van der Waals surface area contributed by atoms with E-state index in [0.29, 0.717) is 24.1 Å². The van der Waals surface area contributed by atoms with Crippen molar-refractivity contribution in [3.8, 4) is 0 Å². The highest BCUT2D eigenvalue weighted by Crippen LogP contribution is 2.42. The Morgan fingerprint density at radius 2 is 2.32 bits per heavy atom. The molecule has 0 atom stereocenters. The fourth-order valence-electron chi connectivity index (χ4n) is 2.81. The van der Waals surface area contributed by atoms with E-state index < -0.39 is 0 Å². The fraction of sp³-hybridized carbons (Fsp3) is 0.500. The summed E-state index contributed by atoms with van der Waals surface area (Å²) in [5.41, 5.74) is 0.772. The first kappa shape index (κ1) is 12.3. The minimum Gasteiger partial charge on any atom is -0.384 e. The summed E-state index contributed by atoms with van der Waals surface area (Å²) in [5, 5.41) is 0.629. The average molecular weight is 259 g/mol. The number of fused-ring (bicyclic) bond motifs is 1. The highest BCUT2D eigenvalue weighted by Gasteiger charge is 2.37. The molecular formula is C14H17N3O2. The van der Waals surface area contributed by atoms with Gasteiger partial charge in [-0.1, -0.05) is 6.42 Å². The highest BCUT2D eigenvalue weighted by molar-refractivity contribution is 5.75. The van der Waals surface area contributed by atoms with Crippen LogP contribution >= 0.6 is 0 Å². The van der Waals surface area contributed by atoms with Crippen molar-refractivity contribution in [3.05, 3.63) is 35.1 Å². The van der Waals surface area contributed by atoms with Crippen LogP contribution in [0.2, 0.25) is 0 Å². The molecule has 0 aromatic carbocycles. The summed E-state index contributed by atoms with van der Waals surface area (Å²) in [4.78, 5) is 20.7. The number of methoxy groups -OCH3 is 1. The van der Waals surface area contributed by atoms with Crippen LogP contribution in [0.15, 0.2) is 29.6 Å². The van der Waals surface area contributed by atoms with Gasteiger partial charge in [0.05, 0.1) is 30.0 Å². The molecule has 3 rings (SSSR count). The second-order valence-corrected chi connectivity index (χ2v) is 5.36. The van der Waals surface area contributed by atoms with Gasteiger partial charge in [-0.3, -0.25) is 14.3 Å². The van der Waals surface area contributed by atoms with Crippen LogP contribution in [0.3, 0.4) is 0 Å². The number of hydrogen-bond donors (Lipinski definition) is 0. The van der Waals surface area contributed by atoms with Crippen LogP contribution in [0.5, 0.6) is 0 Å². The zero-order valence-corrected chi connectivity index (χ0v) is 11.0. The van der Waals surface area contributed by atoms with E-state index in [1.807, 2.05) is 0 Å². The number of ether oxygens (including phenoxy) is 1. The first-order valence-electron chi connectivity index (χ1n) is 6.52. The summed E-state index contributed by atoms with van der Waals surface area (Å²) >= 11 is 0. The molecule has 100 valence electrons. The van der Waals surface area contributed by atoms with Gasteiger partial charge < -0.3 is 4.74 Å². The van der Waals surface area contributed by atoms with Crippen LogP contribution in [0.1, 0.15) is 19.3 Å². The molecule has 19 heavy (non-hydrogen) atoms. The van der Waals surface area contributed by atoms with Gasteiger partial charge in [0, 0.05) is 25.3 Å². The Morgan fingerprint density at radius 3 is 3.00 bits per heavy atom. The molecule has 0 amide bonds. The standard InChI is InChI=1S/C14H17N3O2/c1-19-9-14(4-2-5-14)8-17-10-16-12-7-15-6-3-11(12)13(17)18/h3,6-7,10H,2,4-5,8-9H2,1H3. The number of rotatable bonds is 4. The first-order valence-corrected chi connectivity index (χ1v) is 6.52. The second-order valence-electron chi connectivity index (χ2n) is 5.36. The largest absolute Gasteiger partial charge is 0.384 e.